The third kappa shape index (κ3) is 4.80. The van der Waals surface area contributed by atoms with Crippen molar-refractivity contribution in [3.63, 3.8) is 0 Å². The van der Waals surface area contributed by atoms with E-state index in [2.05, 4.69) is 4.98 Å². The Kier molecular flexibility index (Phi) is 5.15. The lowest BCUT2D eigenvalue weighted by molar-refractivity contribution is 0.0695. The molecule has 1 aromatic carbocycles. The molecule has 2 rings (SSSR count). The number of nitrogens with zero attached hydrogens (tertiary/aromatic N) is 1. The van der Waals surface area contributed by atoms with E-state index in [-0.39, 0.29) is 5.56 Å². The van der Waals surface area contributed by atoms with E-state index < -0.39 is 5.97 Å². The molecule has 1 N–H and O–H groups in total. The van der Waals surface area contributed by atoms with Crippen LogP contribution in [0.15, 0.2) is 42.7 Å². The van der Waals surface area contributed by atoms with Crippen molar-refractivity contribution >= 4 is 5.97 Å². The van der Waals surface area contributed by atoms with Gasteiger partial charge < -0.3 is 14.6 Å². The zero-order chi connectivity index (χ0) is 15.1. The number of benzene rings is 1. The molecule has 0 aliphatic heterocycles. The van der Waals surface area contributed by atoms with Gasteiger partial charge in [-0.3, -0.25) is 4.98 Å². The van der Waals surface area contributed by atoms with Crippen LogP contribution in [0, 0.1) is 6.92 Å². The van der Waals surface area contributed by atoms with Crippen LogP contribution < -0.4 is 9.47 Å². The standard InChI is InChI=1S/C16H17NO4/c1-12-4-2-5-14(8-12)20-6-3-7-21-15-9-13(16(18)19)10-17-11-15/h2,4-5,8-11H,3,6-7H2,1H3,(H,18,19). The van der Waals surface area contributed by atoms with E-state index in [4.69, 9.17) is 14.6 Å². The van der Waals surface area contributed by atoms with Crippen molar-refractivity contribution in [1.82, 2.24) is 4.98 Å². The number of carboxylic acid groups (broad SMARTS) is 1. The van der Waals surface area contributed by atoms with Gasteiger partial charge in [0.1, 0.15) is 11.5 Å². The van der Waals surface area contributed by atoms with Gasteiger partial charge in [0.25, 0.3) is 0 Å². The average molecular weight is 287 g/mol. The lowest BCUT2D eigenvalue weighted by atomic mass is 10.2. The van der Waals surface area contributed by atoms with E-state index in [1.807, 2.05) is 31.2 Å². The maximum Gasteiger partial charge on any atom is 0.337 e. The fourth-order valence-electron chi connectivity index (χ4n) is 1.76. The second-order valence-electron chi connectivity index (χ2n) is 4.58. The summed E-state index contributed by atoms with van der Waals surface area (Å²) in [5, 5.41) is 8.85. The van der Waals surface area contributed by atoms with Crippen LogP contribution >= 0.6 is 0 Å². The van der Waals surface area contributed by atoms with Gasteiger partial charge >= 0.3 is 5.97 Å². The van der Waals surface area contributed by atoms with Gasteiger partial charge in [0.05, 0.1) is 25.0 Å². The van der Waals surface area contributed by atoms with Gasteiger partial charge in [-0.1, -0.05) is 12.1 Å². The molecule has 5 heteroatoms. The number of pyridine rings is 1. The number of hydrogen-bond acceptors (Lipinski definition) is 4. The molecule has 0 saturated heterocycles. The molecular formula is C16H17NO4. The first kappa shape index (κ1) is 14.8. The number of carboxylic acids is 1. The molecule has 110 valence electrons. The third-order valence-corrected chi connectivity index (χ3v) is 2.78. The van der Waals surface area contributed by atoms with Gasteiger partial charge in [-0.15, -0.1) is 0 Å². The summed E-state index contributed by atoms with van der Waals surface area (Å²) >= 11 is 0. The number of aryl methyl sites for hydroxylation is 1. The molecule has 0 bridgehead atoms. The highest BCUT2D eigenvalue weighted by atomic mass is 16.5. The molecule has 0 amide bonds. The Morgan fingerprint density at radius 2 is 1.90 bits per heavy atom. The molecule has 0 aliphatic carbocycles. The molecule has 0 radical (unpaired) electrons. The van der Waals surface area contributed by atoms with Gasteiger partial charge in [0.15, 0.2) is 0 Å². The second-order valence-corrected chi connectivity index (χ2v) is 4.58. The highest BCUT2D eigenvalue weighted by Crippen LogP contribution is 2.13. The lowest BCUT2D eigenvalue weighted by Crippen LogP contribution is -2.06. The summed E-state index contributed by atoms with van der Waals surface area (Å²) in [4.78, 5) is 14.6. The van der Waals surface area contributed by atoms with Crippen LogP contribution in [0.1, 0.15) is 22.3 Å². The molecule has 1 heterocycles. The molecule has 0 unspecified atom stereocenters. The van der Waals surface area contributed by atoms with E-state index in [0.717, 1.165) is 11.3 Å². The monoisotopic (exact) mass is 287 g/mol. The van der Waals surface area contributed by atoms with E-state index in [1.54, 1.807) is 0 Å². The van der Waals surface area contributed by atoms with Crippen LogP contribution in [-0.4, -0.2) is 29.3 Å². The summed E-state index contributed by atoms with van der Waals surface area (Å²) in [6, 6.07) is 9.30. The number of aromatic carboxylic acids is 1. The zero-order valence-corrected chi connectivity index (χ0v) is 11.8. The maximum absolute atomic E-state index is 10.8. The van der Waals surface area contributed by atoms with Crippen LogP contribution in [0.2, 0.25) is 0 Å². The lowest BCUT2D eigenvalue weighted by Gasteiger charge is -2.08. The first-order chi connectivity index (χ1) is 10.1. The van der Waals surface area contributed by atoms with Crippen LogP contribution in [0.5, 0.6) is 11.5 Å². The number of hydrogen-bond donors (Lipinski definition) is 1. The number of carbonyl (C=O) groups is 1. The summed E-state index contributed by atoms with van der Waals surface area (Å²) in [5.74, 6) is 0.269. The van der Waals surface area contributed by atoms with E-state index in [1.165, 1.54) is 18.5 Å². The van der Waals surface area contributed by atoms with Crippen molar-refractivity contribution < 1.29 is 19.4 Å². The first-order valence-electron chi connectivity index (χ1n) is 6.66. The largest absolute Gasteiger partial charge is 0.493 e. The molecular weight excluding hydrogens is 270 g/mol. The molecule has 0 saturated carbocycles. The Labute approximate surface area is 123 Å². The van der Waals surface area contributed by atoms with Crippen molar-refractivity contribution in [3.05, 3.63) is 53.9 Å². The highest BCUT2D eigenvalue weighted by molar-refractivity contribution is 5.87. The Balaban J connectivity index is 1.72. The summed E-state index contributed by atoms with van der Waals surface area (Å²) in [5.41, 5.74) is 1.27. The van der Waals surface area contributed by atoms with Crippen LogP contribution in [0.4, 0.5) is 0 Å². The van der Waals surface area contributed by atoms with Gasteiger partial charge in [-0.25, -0.2) is 4.79 Å². The summed E-state index contributed by atoms with van der Waals surface area (Å²) in [7, 11) is 0. The number of aromatic nitrogens is 1. The van der Waals surface area contributed by atoms with Crippen molar-refractivity contribution in [3.8, 4) is 11.5 Å². The van der Waals surface area contributed by atoms with Gasteiger partial charge in [0, 0.05) is 12.6 Å². The quantitative estimate of drug-likeness (QED) is 0.793. The Bertz CT molecular complexity index is 613. The highest BCUT2D eigenvalue weighted by Gasteiger charge is 2.04. The van der Waals surface area contributed by atoms with Gasteiger partial charge in [-0.05, 0) is 30.7 Å². The van der Waals surface area contributed by atoms with Crippen molar-refractivity contribution in [1.29, 1.82) is 0 Å². The van der Waals surface area contributed by atoms with Crippen molar-refractivity contribution in [2.24, 2.45) is 0 Å². The van der Waals surface area contributed by atoms with Crippen molar-refractivity contribution in [2.45, 2.75) is 13.3 Å². The third-order valence-electron chi connectivity index (χ3n) is 2.78. The maximum atomic E-state index is 10.8. The van der Waals surface area contributed by atoms with E-state index in [9.17, 15) is 4.79 Å². The van der Waals surface area contributed by atoms with E-state index >= 15 is 0 Å². The Hall–Kier alpha value is -2.56. The molecule has 21 heavy (non-hydrogen) atoms. The fourth-order valence-corrected chi connectivity index (χ4v) is 1.76. The normalized spacial score (nSPS) is 10.1. The predicted molar refractivity (Wildman–Crippen MR) is 78.0 cm³/mol. The van der Waals surface area contributed by atoms with Crippen LogP contribution in [-0.2, 0) is 0 Å². The fraction of sp³-hybridized carbons (Fsp3) is 0.250. The second kappa shape index (κ2) is 7.28. The van der Waals surface area contributed by atoms with Crippen LogP contribution in [0.25, 0.3) is 0 Å². The molecule has 0 spiro atoms. The summed E-state index contributed by atoms with van der Waals surface area (Å²) in [6.07, 6.45) is 3.48. The topological polar surface area (TPSA) is 68.7 Å². The van der Waals surface area contributed by atoms with Crippen molar-refractivity contribution in [2.75, 3.05) is 13.2 Å². The van der Waals surface area contributed by atoms with Gasteiger partial charge in [-0.2, -0.15) is 0 Å². The van der Waals surface area contributed by atoms with E-state index in [0.29, 0.717) is 25.4 Å². The predicted octanol–water partition coefficient (Wildman–Crippen LogP) is 2.94. The number of ether oxygens (including phenoxy) is 2. The minimum Gasteiger partial charge on any atom is -0.493 e. The van der Waals surface area contributed by atoms with Crippen LogP contribution in [0.3, 0.4) is 0 Å². The average Bonchev–Trinajstić information content (AvgIpc) is 2.47. The summed E-state index contributed by atoms with van der Waals surface area (Å²) in [6.45, 7) is 2.99. The minimum absolute atomic E-state index is 0.114. The molecule has 2 aromatic rings. The Morgan fingerprint density at radius 1 is 1.14 bits per heavy atom. The molecule has 0 aliphatic rings. The molecule has 0 atom stereocenters. The summed E-state index contributed by atoms with van der Waals surface area (Å²) < 4.78 is 11.0. The first-order valence-corrected chi connectivity index (χ1v) is 6.66. The number of rotatable bonds is 7. The minimum atomic E-state index is -1.02. The molecule has 5 nitrogen and oxygen atoms in total. The van der Waals surface area contributed by atoms with Gasteiger partial charge in [0.2, 0.25) is 0 Å². The SMILES string of the molecule is Cc1cccc(OCCCOc2cncc(C(=O)O)c2)c1. The molecule has 0 fully saturated rings. The zero-order valence-electron chi connectivity index (χ0n) is 11.8. The molecule has 1 aromatic heterocycles. The smallest absolute Gasteiger partial charge is 0.337 e. The Morgan fingerprint density at radius 3 is 2.62 bits per heavy atom.